The number of primary amides is 2. The minimum Gasteiger partial charge on any atom is -0.350 e. The largest absolute Gasteiger partial charge is 0.350 e. The summed E-state index contributed by atoms with van der Waals surface area (Å²) in [6.07, 6.45) is 0. The number of rotatable bonds is 2. The first kappa shape index (κ1) is 12.7. The van der Waals surface area contributed by atoms with E-state index in [9.17, 15) is 9.59 Å². The monoisotopic (exact) mass is 238 g/mol. The van der Waals surface area contributed by atoms with E-state index in [0.717, 1.165) is 10.0 Å². The Labute approximate surface area is 97.7 Å². The van der Waals surface area contributed by atoms with Gasteiger partial charge in [0.25, 0.3) is 0 Å². The number of carbonyl (C=O) groups is 2. The average molecular weight is 238 g/mol. The van der Waals surface area contributed by atoms with Crippen molar-refractivity contribution in [3.8, 4) is 0 Å². The number of amides is 4. The lowest BCUT2D eigenvalue weighted by Gasteiger charge is -2.20. The van der Waals surface area contributed by atoms with E-state index in [1.165, 1.54) is 6.07 Å². The Balaban J connectivity index is 3.19. The summed E-state index contributed by atoms with van der Waals surface area (Å²) >= 11 is 0. The minimum atomic E-state index is -0.831. The number of nitrogens with zero attached hydrogens (tertiary/aromatic N) is 2. The topological polar surface area (TPSA) is 145 Å². The number of carbonyl (C=O) groups excluding carboxylic acids is 2. The molecular formula is C9H14N6O2. The van der Waals surface area contributed by atoms with Crippen molar-refractivity contribution in [1.82, 2.24) is 0 Å². The molecule has 0 heterocycles. The molecule has 0 aromatic heterocycles. The molecule has 8 nitrogen and oxygen atoms in total. The molecule has 8 heteroatoms. The van der Waals surface area contributed by atoms with Crippen LogP contribution in [0.15, 0.2) is 18.2 Å². The van der Waals surface area contributed by atoms with Crippen LogP contribution in [-0.2, 0) is 0 Å². The van der Waals surface area contributed by atoms with Crippen LogP contribution in [0.3, 0.4) is 0 Å². The molecule has 0 fully saturated rings. The number of hydrazine groups is 2. The maximum atomic E-state index is 11.0. The van der Waals surface area contributed by atoms with Gasteiger partial charge in [-0.15, -0.1) is 0 Å². The van der Waals surface area contributed by atoms with Gasteiger partial charge >= 0.3 is 12.1 Å². The van der Waals surface area contributed by atoms with Gasteiger partial charge in [-0.2, -0.15) is 0 Å². The predicted octanol–water partition coefficient (Wildman–Crippen LogP) is -0.487. The first-order chi connectivity index (χ1) is 7.84. The van der Waals surface area contributed by atoms with Crippen LogP contribution in [0, 0.1) is 6.92 Å². The Bertz CT molecular complexity index is 461. The Morgan fingerprint density at radius 2 is 1.59 bits per heavy atom. The average Bonchev–Trinajstić information content (AvgIpc) is 2.27. The highest BCUT2D eigenvalue weighted by Gasteiger charge is 2.14. The fourth-order valence-electron chi connectivity index (χ4n) is 1.25. The van der Waals surface area contributed by atoms with Gasteiger partial charge in [-0.05, 0) is 24.6 Å². The van der Waals surface area contributed by atoms with Crippen LogP contribution in [0.5, 0.6) is 0 Å². The van der Waals surface area contributed by atoms with Gasteiger partial charge in [0.2, 0.25) is 0 Å². The second kappa shape index (κ2) is 4.68. The number of aryl methyl sites for hydroxylation is 1. The van der Waals surface area contributed by atoms with Crippen LogP contribution < -0.4 is 33.2 Å². The number of urea groups is 2. The van der Waals surface area contributed by atoms with Crippen LogP contribution in [0.25, 0.3) is 0 Å². The molecule has 4 amide bonds. The van der Waals surface area contributed by atoms with Crippen LogP contribution in [0.1, 0.15) is 5.56 Å². The van der Waals surface area contributed by atoms with Crippen molar-refractivity contribution in [2.24, 2.45) is 23.2 Å². The van der Waals surface area contributed by atoms with Gasteiger partial charge in [-0.1, -0.05) is 6.07 Å². The van der Waals surface area contributed by atoms with Gasteiger partial charge in [0.05, 0.1) is 11.4 Å². The van der Waals surface area contributed by atoms with Crippen LogP contribution in [0.2, 0.25) is 0 Å². The Kier molecular flexibility index (Phi) is 3.51. The van der Waals surface area contributed by atoms with E-state index in [-0.39, 0.29) is 0 Å². The summed E-state index contributed by atoms with van der Waals surface area (Å²) in [5, 5.41) is 1.49. The number of anilines is 2. The molecule has 0 aliphatic carbocycles. The third-order valence-electron chi connectivity index (χ3n) is 2.21. The molecule has 0 aliphatic rings. The summed E-state index contributed by atoms with van der Waals surface area (Å²) in [7, 11) is 0. The standard InChI is InChI=1S/C9H14N6O2/c1-5-2-3-6(14(12)8(10)16)4-7(5)15(13)9(11)17/h2-4H,12-13H2,1H3,(H2,10,16)(H2,11,17). The van der Waals surface area contributed by atoms with Crippen molar-refractivity contribution in [3.05, 3.63) is 23.8 Å². The van der Waals surface area contributed by atoms with E-state index in [1.807, 2.05) is 0 Å². The SMILES string of the molecule is Cc1ccc(N(N)C(N)=O)cc1N(N)C(N)=O. The van der Waals surface area contributed by atoms with E-state index >= 15 is 0 Å². The lowest BCUT2D eigenvalue weighted by molar-refractivity contribution is 0.253. The van der Waals surface area contributed by atoms with Crippen molar-refractivity contribution in [3.63, 3.8) is 0 Å². The summed E-state index contributed by atoms with van der Waals surface area (Å²) in [6, 6.07) is 2.98. The summed E-state index contributed by atoms with van der Waals surface area (Å²) in [6.45, 7) is 1.73. The summed E-state index contributed by atoms with van der Waals surface area (Å²) in [4.78, 5) is 21.8. The molecule has 8 N–H and O–H groups in total. The Hall–Kier alpha value is -2.32. The van der Waals surface area contributed by atoms with Crippen molar-refractivity contribution in [1.29, 1.82) is 0 Å². The molecule has 92 valence electrons. The maximum Gasteiger partial charge on any atom is 0.333 e. The highest BCUT2D eigenvalue weighted by Crippen LogP contribution is 2.23. The van der Waals surface area contributed by atoms with Gasteiger partial charge in [0.1, 0.15) is 0 Å². The number of benzene rings is 1. The number of hydrogen-bond acceptors (Lipinski definition) is 4. The molecule has 0 atom stereocenters. The molecular weight excluding hydrogens is 224 g/mol. The van der Waals surface area contributed by atoms with Gasteiger partial charge in [0.15, 0.2) is 0 Å². The Morgan fingerprint density at radius 1 is 1.06 bits per heavy atom. The molecule has 0 aliphatic heterocycles. The molecule has 1 rings (SSSR count). The third kappa shape index (κ3) is 2.62. The molecule has 0 unspecified atom stereocenters. The molecule has 0 saturated heterocycles. The zero-order chi connectivity index (χ0) is 13.2. The summed E-state index contributed by atoms with van der Waals surface area (Å²) < 4.78 is 0. The third-order valence-corrected chi connectivity index (χ3v) is 2.21. The van der Waals surface area contributed by atoms with E-state index in [2.05, 4.69) is 0 Å². The van der Waals surface area contributed by atoms with Gasteiger partial charge < -0.3 is 11.5 Å². The van der Waals surface area contributed by atoms with Crippen molar-refractivity contribution in [2.45, 2.75) is 6.92 Å². The van der Waals surface area contributed by atoms with E-state index in [1.54, 1.807) is 19.1 Å². The van der Waals surface area contributed by atoms with E-state index < -0.39 is 12.1 Å². The zero-order valence-electron chi connectivity index (χ0n) is 9.25. The fourth-order valence-corrected chi connectivity index (χ4v) is 1.25. The first-order valence-electron chi connectivity index (χ1n) is 4.63. The summed E-state index contributed by atoms with van der Waals surface area (Å²) in [5.41, 5.74) is 11.4. The highest BCUT2D eigenvalue weighted by atomic mass is 16.2. The molecule has 1 aromatic carbocycles. The predicted molar refractivity (Wildman–Crippen MR) is 63.7 cm³/mol. The zero-order valence-corrected chi connectivity index (χ0v) is 9.25. The molecule has 0 bridgehead atoms. The Morgan fingerprint density at radius 3 is 2.06 bits per heavy atom. The lowest BCUT2D eigenvalue weighted by Crippen LogP contribution is -2.43. The van der Waals surface area contributed by atoms with Crippen molar-refractivity contribution in [2.75, 3.05) is 10.0 Å². The number of hydrogen-bond donors (Lipinski definition) is 4. The molecule has 17 heavy (non-hydrogen) atoms. The summed E-state index contributed by atoms with van der Waals surface area (Å²) in [5.74, 6) is 10.9. The van der Waals surface area contributed by atoms with Gasteiger partial charge in [-0.25, -0.2) is 31.3 Å². The molecule has 1 aromatic rings. The second-order valence-electron chi connectivity index (χ2n) is 3.39. The maximum absolute atomic E-state index is 11.0. The molecule has 0 radical (unpaired) electrons. The van der Waals surface area contributed by atoms with E-state index in [0.29, 0.717) is 16.9 Å². The van der Waals surface area contributed by atoms with Crippen molar-refractivity contribution >= 4 is 23.4 Å². The fraction of sp³-hybridized carbons (Fsp3) is 0.111. The highest BCUT2D eigenvalue weighted by molar-refractivity contribution is 5.93. The molecule has 0 spiro atoms. The molecule has 0 saturated carbocycles. The van der Waals surface area contributed by atoms with Gasteiger partial charge in [-0.3, -0.25) is 0 Å². The van der Waals surface area contributed by atoms with Crippen LogP contribution in [0.4, 0.5) is 21.0 Å². The van der Waals surface area contributed by atoms with Gasteiger partial charge in [0, 0.05) is 0 Å². The van der Waals surface area contributed by atoms with E-state index in [4.69, 9.17) is 23.2 Å². The van der Waals surface area contributed by atoms with Crippen molar-refractivity contribution < 1.29 is 9.59 Å². The quantitative estimate of drug-likeness (QED) is 0.313. The van der Waals surface area contributed by atoms with Crippen LogP contribution >= 0.6 is 0 Å². The number of nitrogens with two attached hydrogens (primary N) is 4. The minimum absolute atomic E-state index is 0.301. The first-order valence-corrected chi connectivity index (χ1v) is 4.63. The smallest absolute Gasteiger partial charge is 0.333 e. The van der Waals surface area contributed by atoms with Crippen LogP contribution in [-0.4, -0.2) is 12.1 Å². The lowest BCUT2D eigenvalue weighted by atomic mass is 10.1. The second-order valence-corrected chi connectivity index (χ2v) is 3.39. The normalized spacial score (nSPS) is 9.82.